The second-order valence-electron chi connectivity index (χ2n) is 10.1. The molecule has 4 N–H and O–H groups in total. The van der Waals surface area contributed by atoms with Crippen LogP contribution in [0.15, 0.2) is 42.5 Å². The van der Waals surface area contributed by atoms with E-state index in [1.807, 2.05) is 36.4 Å². The highest BCUT2D eigenvalue weighted by molar-refractivity contribution is 5.99. The lowest BCUT2D eigenvalue weighted by Gasteiger charge is -2.29. The molecule has 1 aromatic carbocycles. The summed E-state index contributed by atoms with van der Waals surface area (Å²) in [6, 6.07) is 11.6. The zero-order valence-electron chi connectivity index (χ0n) is 20.1. The highest BCUT2D eigenvalue weighted by Crippen LogP contribution is 2.43. The predicted molar refractivity (Wildman–Crippen MR) is 132 cm³/mol. The molecule has 0 radical (unpaired) electrons. The van der Waals surface area contributed by atoms with Crippen LogP contribution in [0.25, 0.3) is 11.3 Å². The van der Waals surface area contributed by atoms with E-state index < -0.39 is 30.4 Å². The number of nitrogens with one attached hydrogen (secondary N) is 3. The topological polar surface area (TPSA) is 132 Å². The van der Waals surface area contributed by atoms with Gasteiger partial charge >= 0.3 is 0 Å². The van der Waals surface area contributed by atoms with Gasteiger partial charge in [0.15, 0.2) is 5.78 Å². The molecule has 0 bridgehead atoms. The number of ketones is 1. The number of rotatable bonds is 8. The van der Waals surface area contributed by atoms with Crippen LogP contribution in [0.2, 0.25) is 0 Å². The van der Waals surface area contributed by atoms with Crippen molar-refractivity contribution in [3.05, 3.63) is 48.2 Å². The molecule has 3 heterocycles. The Morgan fingerprint density at radius 2 is 1.89 bits per heavy atom. The Labute approximate surface area is 209 Å². The average molecular weight is 493 g/mol. The second kappa shape index (κ2) is 10.3. The van der Waals surface area contributed by atoms with Gasteiger partial charge in [0.05, 0.1) is 6.04 Å². The van der Waals surface area contributed by atoms with Gasteiger partial charge in [-0.25, -0.2) is 0 Å². The molecule has 1 aliphatic carbocycles. The molecular weight excluding hydrogens is 460 g/mol. The minimum atomic E-state index is -0.969. The van der Waals surface area contributed by atoms with Crippen LogP contribution in [0.5, 0.6) is 0 Å². The molecule has 9 nitrogen and oxygen atoms in total. The summed E-state index contributed by atoms with van der Waals surface area (Å²) in [4.78, 5) is 56.6. The fourth-order valence-electron chi connectivity index (χ4n) is 6.10. The smallest absolute Gasteiger partial charge is 0.270 e. The number of hydrogen-bond donors (Lipinski definition) is 4. The lowest BCUT2D eigenvalue weighted by molar-refractivity contribution is -0.133. The molecule has 36 heavy (non-hydrogen) atoms. The summed E-state index contributed by atoms with van der Waals surface area (Å²) in [5.74, 6) is -1.43. The third-order valence-corrected chi connectivity index (χ3v) is 7.97. The molecule has 1 aromatic heterocycles. The monoisotopic (exact) mass is 492 g/mol. The molecule has 3 aliphatic rings. The molecule has 3 unspecified atom stereocenters. The van der Waals surface area contributed by atoms with E-state index >= 15 is 0 Å². The number of aliphatic hydroxyl groups excluding tert-OH is 1. The first-order chi connectivity index (χ1) is 17.5. The summed E-state index contributed by atoms with van der Waals surface area (Å²) < 4.78 is 0. The minimum absolute atomic E-state index is 0.0252. The van der Waals surface area contributed by atoms with Crippen LogP contribution in [0.4, 0.5) is 0 Å². The zero-order valence-corrected chi connectivity index (χ0v) is 20.1. The van der Waals surface area contributed by atoms with Gasteiger partial charge in [-0.15, -0.1) is 0 Å². The molecule has 1 saturated carbocycles. The molecule has 2 aromatic rings. The van der Waals surface area contributed by atoms with Crippen LogP contribution in [0.1, 0.15) is 42.6 Å². The van der Waals surface area contributed by atoms with Crippen molar-refractivity contribution >= 4 is 23.5 Å². The minimum Gasteiger partial charge on any atom is -0.389 e. The van der Waals surface area contributed by atoms with Gasteiger partial charge in [-0.1, -0.05) is 36.8 Å². The van der Waals surface area contributed by atoms with Gasteiger partial charge in [0.25, 0.3) is 5.91 Å². The molecule has 5 atom stereocenters. The number of aromatic amines is 1. The van der Waals surface area contributed by atoms with Gasteiger partial charge in [-0.3, -0.25) is 19.2 Å². The first kappa shape index (κ1) is 24.2. The first-order valence-corrected chi connectivity index (χ1v) is 12.7. The highest BCUT2D eigenvalue weighted by atomic mass is 16.3. The molecular formula is C27H32N4O5. The van der Waals surface area contributed by atoms with Crippen molar-refractivity contribution in [3.63, 3.8) is 0 Å². The van der Waals surface area contributed by atoms with Crippen molar-refractivity contribution in [1.29, 1.82) is 0 Å². The summed E-state index contributed by atoms with van der Waals surface area (Å²) in [6.45, 7) is 0.307. The normalized spacial score (nSPS) is 25.9. The van der Waals surface area contributed by atoms with Crippen LogP contribution in [-0.2, 0) is 14.4 Å². The maximum atomic E-state index is 13.6. The van der Waals surface area contributed by atoms with Gasteiger partial charge in [-0.05, 0) is 55.2 Å². The van der Waals surface area contributed by atoms with Crippen molar-refractivity contribution in [2.24, 2.45) is 17.8 Å². The van der Waals surface area contributed by atoms with E-state index in [4.69, 9.17) is 0 Å². The summed E-state index contributed by atoms with van der Waals surface area (Å²) in [5, 5.41) is 15.0. The predicted octanol–water partition coefficient (Wildman–Crippen LogP) is 1.49. The Morgan fingerprint density at radius 1 is 1.08 bits per heavy atom. The van der Waals surface area contributed by atoms with Gasteiger partial charge in [0.2, 0.25) is 11.8 Å². The van der Waals surface area contributed by atoms with Gasteiger partial charge in [0, 0.05) is 24.7 Å². The average Bonchev–Trinajstić information content (AvgIpc) is 3.68. The van der Waals surface area contributed by atoms with E-state index in [1.165, 1.54) is 0 Å². The largest absolute Gasteiger partial charge is 0.389 e. The lowest BCUT2D eigenvalue weighted by atomic mass is 9.92. The summed E-state index contributed by atoms with van der Waals surface area (Å²) >= 11 is 0. The third kappa shape index (κ3) is 4.67. The number of aliphatic hydroxyl groups is 1. The van der Waals surface area contributed by atoms with E-state index in [9.17, 15) is 24.3 Å². The van der Waals surface area contributed by atoms with E-state index in [0.29, 0.717) is 25.2 Å². The van der Waals surface area contributed by atoms with Crippen LogP contribution >= 0.6 is 0 Å². The Bertz CT molecular complexity index is 1150. The van der Waals surface area contributed by atoms with E-state index in [-0.39, 0.29) is 36.0 Å². The number of carbonyl (C=O) groups is 4. The molecule has 190 valence electrons. The quantitative estimate of drug-likeness (QED) is 0.443. The molecule has 9 heteroatoms. The number of nitrogens with zero attached hydrogens (tertiary/aromatic N) is 1. The maximum absolute atomic E-state index is 13.6. The summed E-state index contributed by atoms with van der Waals surface area (Å²) in [5.41, 5.74) is 2.20. The van der Waals surface area contributed by atoms with Crippen molar-refractivity contribution in [2.45, 2.75) is 44.2 Å². The Morgan fingerprint density at radius 3 is 2.61 bits per heavy atom. The lowest BCUT2D eigenvalue weighted by Crippen LogP contribution is -2.53. The Balaban J connectivity index is 1.35. The van der Waals surface area contributed by atoms with Crippen LogP contribution in [0.3, 0.4) is 0 Å². The van der Waals surface area contributed by atoms with Crippen molar-refractivity contribution in [1.82, 2.24) is 20.5 Å². The number of Topliss-reactive ketones (excluding diaryl/α,β-unsaturated/α-hetero) is 1. The fourth-order valence-corrected chi connectivity index (χ4v) is 6.10. The third-order valence-electron chi connectivity index (χ3n) is 7.97. The number of fused-ring (bicyclic) bond motifs is 1. The zero-order chi connectivity index (χ0) is 25.2. The number of likely N-dealkylation sites (tertiary alicyclic amines) is 1. The van der Waals surface area contributed by atoms with Crippen molar-refractivity contribution in [3.8, 4) is 11.3 Å². The number of hydrogen-bond acceptors (Lipinski definition) is 5. The summed E-state index contributed by atoms with van der Waals surface area (Å²) in [7, 11) is 0. The SMILES string of the molecule is O=C(N[C@@H](C[C@@H]1CCNC1=O)C(=O)CO)C1C2CCCC2CN1C(=O)c1ccc(-c2ccccc2)[nH]1. The van der Waals surface area contributed by atoms with Crippen LogP contribution < -0.4 is 10.6 Å². The molecule has 3 amide bonds. The first-order valence-electron chi connectivity index (χ1n) is 12.7. The van der Waals surface area contributed by atoms with Crippen molar-refractivity contribution in [2.75, 3.05) is 19.7 Å². The van der Waals surface area contributed by atoms with E-state index in [2.05, 4.69) is 15.6 Å². The van der Waals surface area contributed by atoms with Gasteiger partial charge in [0.1, 0.15) is 18.3 Å². The molecule has 3 fully saturated rings. The number of amides is 3. The molecule has 5 rings (SSSR count). The molecule has 2 saturated heterocycles. The number of carbonyl (C=O) groups excluding carboxylic acids is 4. The number of benzene rings is 1. The van der Waals surface area contributed by atoms with Crippen LogP contribution in [0, 0.1) is 17.8 Å². The van der Waals surface area contributed by atoms with Gasteiger partial charge < -0.3 is 25.6 Å². The molecule has 0 spiro atoms. The van der Waals surface area contributed by atoms with Crippen LogP contribution in [-0.4, -0.2) is 70.3 Å². The second-order valence-corrected chi connectivity index (χ2v) is 10.1. The fraction of sp³-hybridized carbons (Fsp3) is 0.481. The van der Waals surface area contributed by atoms with Gasteiger partial charge in [-0.2, -0.15) is 0 Å². The van der Waals surface area contributed by atoms with E-state index in [1.54, 1.807) is 11.0 Å². The van der Waals surface area contributed by atoms with E-state index in [0.717, 1.165) is 30.5 Å². The number of H-pyrrole nitrogens is 1. The highest BCUT2D eigenvalue weighted by Gasteiger charge is 2.50. The summed E-state index contributed by atoms with van der Waals surface area (Å²) in [6.07, 6.45) is 3.53. The maximum Gasteiger partial charge on any atom is 0.270 e. The number of aromatic nitrogens is 1. The van der Waals surface area contributed by atoms with Crippen molar-refractivity contribution < 1.29 is 24.3 Å². The Hall–Kier alpha value is -3.46. The molecule has 2 aliphatic heterocycles. The standard InChI is InChI=1S/C27H32N4O5/c32-15-23(33)22(13-17-11-12-28-25(17)34)30-26(35)24-19-8-4-7-18(19)14-31(24)27(36)21-10-9-20(29-21)16-5-2-1-3-6-16/h1-3,5-6,9-10,17-19,22,24,29,32H,4,7-8,11-15H2,(H,28,34)(H,30,35)/t17-,18?,19?,22-,24?/m0/s1. The Kier molecular flexibility index (Phi) is 6.91.